The topological polar surface area (TPSA) is 218 Å². The van der Waals surface area contributed by atoms with Crippen LogP contribution < -0.4 is 0 Å². The van der Waals surface area contributed by atoms with Gasteiger partial charge in [-0.15, -0.1) is 0 Å². The molecule has 3 saturated carbocycles. The molecule has 5 aliphatic rings. The number of carbonyl (C=O) groups excluding carboxylic acids is 1. The first kappa shape index (κ1) is 35.3. The lowest BCUT2D eigenvalue weighted by Gasteiger charge is -2.61. The number of aliphatic hydroxyl groups excluding tert-OH is 6. The summed E-state index contributed by atoms with van der Waals surface area (Å²) in [6.07, 6.45) is -6.38. The quantitative estimate of drug-likeness (QED) is 0.166. The maximum atomic E-state index is 13.9. The van der Waals surface area contributed by atoms with Gasteiger partial charge >= 0.3 is 0 Å². The van der Waals surface area contributed by atoms with E-state index in [1.54, 1.807) is 26.8 Å². The van der Waals surface area contributed by atoms with Gasteiger partial charge in [0.15, 0.2) is 12.1 Å². The van der Waals surface area contributed by atoms with Crippen LogP contribution in [0.1, 0.15) is 86.0 Å². The molecular weight excluding hydrogens is 588 g/mol. The Morgan fingerprint density at radius 2 is 1.69 bits per heavy atom. The van der Waals surface area contributed by atoms with E-state index in [1.165, 1.54) is 0 Å². The summed E-state index contributed by atoms with van der Waals surface area (Å²) in [6, 6.07) is 0. The number of ether oxygens (including phenoxy) is 2. The second-order valence-electron chi connectivity index (χ2n) is 16.0. The van der Waals surface area contributed by atoms with Crippen molar-refractivity contribution in [2.45, 2.75) is 152 Å². The van der Waals surface area contributed by atoms with E-state index in [4.69, 9.17) is 9.47 Å². The van der Waals surface area contributed by atoms with E-state index >= 15 is 0 Å². The van der Waals surface area contributed by atoms with Gasteiger partial charge in [-0.25, -0.2) is 0 Å². The summed E-state index contributed by atoms with van der Waals surface area (Å²) in [6.45, 7) is 8.16. The highest BCUT2D eigenvalue weighted by molar-refractivity contribution is 5.95. The molecule has 15 atom stereocenters. The Morgan fingerprint density at radius 1 is 1.02 bits per heavy atom. The largest absolute Gasteiger partial charge is 0.394 e. The molecule has 258 valence electrons. The van der Waals surface area contributed by atoms with Crippen LogP contribution in [0.5, 0.6) is 0 Å². The van der Waals surface area contributed by atoms with Gasteiger partial charge < -0.3 is 55.4 Å². The summed E-state index contributed by atoms with van der Waals surface area (Å²) < 4.78 is 11.4. The fourth-order valence-electron chi connectivity index (χ4n) is 9.81. The highest BCUT2D eigenvalue weighted by atomic mass is 16.7. The first-order valence-electron chi connectivity index (χ1n) is 16.5. The number of rotatable bonds is 8. The number of fused-ring (bicyclic) bond motifs is 5. The monoisotopic (exact) mass is 642 g/mol. The first-order chi connectivity index (χ1) is 20.7. The van der Waals surface area contributed by atoms with Crippen LogP contribution in [-0.2, 0) is 14.3 Å². The predicted molar refractivity (Wildman–Crippen MR) is 159 cm³/mol. The van der Waals surface area contributed by atoms with Gasteiger partial charge in [-0.2, -0.15) is 0 Å². The lowest BCUT2D eigenvalue weighted by atomic mass is 9.45. The van der Waals surface area contributed by atoms with Crippen molar-refractivity contribution in [3.63, 3.8) is 0 Å². The molecule has 0 spiro atoms. The van der Waals surface area contributed by atoms with Crippen molar-refractivity contribution in [1.29, 1.82) is 0 Å². The van der Waals surface area contributed by atoms with Crippen LogP contribution in [0.15, 0.2) is 11.6 Å². The summed E-state index contributed by atoms with van der Waals surface area (Å²) in [4.78, 5) is 13.9. The molecule has 0 unspecified atom stereocenters. The standard InChI is InChI=1S/C33H54O12/c1-29(2,41)9-8-24(37)32(5,42)23-7-11-33(43)17-12-19(35)18-13-21(44-28-27(40)26(39)25(38)22(15-34)45-28)20(36)14-30(18,3)16(17)6-10-31(23,33)4/h12,16,18,20-28,34,36-43H,6-11,13-15H2,1-5H3/t16-,18-,20-,21+,22+,23-,24+,25+,26-,27+,28+,30+,31+,32+,33+/m0/s1. The molecule has 45 heavy (non-hydrogen) atoms. The van der Waals surface area contributed by atoms with Crippen LogP contribution in [0.4, 0.5) is 0 Å². The van der Waals surface area contributed by atoms with Crippen LogP contribution in [0, 0.1) is 28.6 Å². The summed E-state index contributed by atoms with van der Waals surface area (Å²) in [5.74, 6) is -1.48. The fraction of sp³-hybridized carbons (Fsp3) is 0.909. The average molecular weight is 643 g/mol. The number of hydrogen-bond acceptors (Lipinski definition) is 12. The Hall–Kier alpha value is -1.03. The Labute approximate surface area is 264 Å². The SMILES string of the molecule is CC(C)(O)CC[C@@H](O)[C@](C)(O)[C@H]1CC[C@@]2(O)C3=CC(=O)[C@@H]4C[C@@H](O[C@@H]5O[C@H](CO)[C@@H](O)[C@H](O)[C@H]5O)[C@@H](O)C[C@]4(C)[C@H]3CC[C@]12C. The zero-order valence-corrected chi connectivity index (χ0v) is 27.0. The average Bonchev–Trinajstić information content (AvgIpc) is 3.24. The van der Waals surface area contributed by atoms with E-state index in [0.717, 1.165) is 0 Å². The molecule has 4 aliphatic carbocycles. The summed E-state index contributed by atoms with van der Waals surface area (Å²) in [5, 5.41) is 97.1. The van der Waals surface area contributed by atoms with Crippen molar-refractivity contribution in [2.24, 2.45) is 28.6 Å². The molecule has 5 rings (SSSR count). The minimum atomic E-state index is -1.64. The zero-order valence-electron chi connectivity index (χ0n) is 27.0. The predicted octanol–water partition coefficient (Wildman–Crippen LogP) is -0.322. The van der Waals surface area contributed by atoms with Crippen LogP contribution in [0.25, 0.3) is 0 Å². The Morgan fingerprint density at radius 3 is 2.31 bits per heavy atom. The molecule has 0 aromatic rings. The van der Waals surface area contributed by atoms with Crippen molar-refractivity contribution in [2.75, 3.05) is 6.61 Å². The van der Waals surface area contributed by atoms with E-state index in [1.807, 2.05) is 13.8 Å². The Kier molecular flexibility index (Phi) is 9.28. The maximum Gasteiger partial charge on any atom is 0.187 e. The van der Waals surface area contributed by atoms with Crippen LogP contribution >= 0.6 is 0 Å². The molecule has 0 bridgehead atoms. The third-order valence-corrected chi connectivity index (χ3v) is 12.7. The number of carbonyl (C=O) groups is 1. The summed E-state index contributed by atoms with van der Waals surface area (Å²) >= 11 is 0. The maximum absolute atomic E-state index is 13.9. The van der Waals surface area contributed by atoms with Crippen molar-refractivity contribution >= 4 is 5.78 Å². The zero-order chi connectivity index (χ0) is 33.5. The van der Waals surface area contributed by atoms with Gasteiger partial charge in [0.05, 0.1) is 41.7 Å². The van der Waals surface area contributed by atoms with Gasteiger partial charge in [0.1, 0.15) is 24.4 Å². The molecule has 12 heteroatoms. The minimum Gasteiger partial charge on any atom is -0.394 e. The molecular formula is C33H54O12. The molecule has 0 aromatic carbocycles. The van der Waals surface area contributed by atoms with Crippen LogP contribution in [0.3, 0.4) is 0 Å². The van der Waals surface area contributed by atoms with Crippen molar-refractivity contribution in [3.05, 3.63) is 11.6 Å². The van der Waals surface area contributed by atoms with Gasteiger partial charge in [-0.3, -0.25) is 4.79 Å². The summed E-state index contributed by atoms with van der Waals surface area (Å²) in [7, 11) is 0. The highest BCUT2D eigenvalue weighted by Gasteiger charge is 2.69. The van der Waals surface area contributed by atoms with Gasteiger partial charge in [0, 0.05) is 11.3 Å². The molecule has 1 saturated heterocycles. The van der Waals surface area contributed by atoms with E-state index in [-0.39, 0.29) is 31.0 Å². The van der Waals surface area contributed by atoms with Gasteiger partial charge in [-0.1, -0.05) is 13.8 Å². The lowest BCUT2D eigenvalue weighted by molar-refractivity contribution is -0.322. The number of ketones is 1. The molecule has 1 heterocycles. The number of aliphatic hydroxyl groups is 9. The van der Waals surface area contributed by atoms with E-state index in [0.29, 0.717) is 37.7 Å². The second-order valence-corrected chi connectivity index (χ2v) is 16.0. The Balaban J connectivity index is 1.37. The minimum absolute atomic E-state index is 0.103. The molecule has 1 aliphatic heterocycles. The number of allylic oxidation sites excluding steroid dienone is 1. The fourth-order valence-corrected chi connectivity index (χ4v) is 9.81. The second kappa shape index (κ2) is 11.8. The summed E-state index contributed by atoms with van der Waals surface area (Å²) in [5.41, 5.74) is -4.89. The Bertz CT molecular complexity index is 1150. The smallest absolute Gasteiger partial charge is 0.187 e. The molecule has 0 amide bonds. The van der Waals surface area contributed by atoms with Gasteiger partial charge in [0.25, 0.3) is 0 Å². The third kappa shape index (κ3) is 5.65. The normalized spacial score (nSPS) is 48.9. The van der Waals surface area contributed by atoms with Crippen LogP contribution in [0.2, 0.25) is 0 Å². The lowest BCUT2D eigenvalue weighted by Crippen LogP contribution is -2.64. The first-order valence-corrected chi connectivity index (χ1v) is 16.5. The van der Waals surface area contributed by atoms with Crippen molar-refractivity contribution in [1.82, 2.24) is 0 Å². The van der Waals surface area contributed by atoms with E-state index in [2.05, 4.69) is 0 Å². The molecule has 0 aromatic heterocycles. The third-order valence-electron chi connectivity index (χ3n) is 12.7. The van der Waals surface area contributed by atoms with Crippen LogP contribution in [-0.4, -0.2) is 124 Å². The van der Waals surface area contributed by atoms with Gasteiger partial charge in [0.2, 0.25) is 0 Å². The number of hydrogen-bond donors (Lipinski definition) is 9. The molecule has 4 fully saturated rings. The molecule has 12 nitrogen and oxygen atoms in total. The van der Waals surface area contributed by atoms with E-state index in [9.17, 15) is 50.8 Å². The van der Waals surface area contributed by atoms with Crippen molar-refractivity contribution < 1.29 is 60.2 Å². The van der Waals surface area contributed by atoms with Crippen molar-refractivity contribution in [3.8, 4) is 0 Å². The van der Waals surface area contributed by atoms with Gasteiger partial charge in [-0.05, 0) is 101 Å². The van der Waals surface area contributed by atoms with E-state index < -0.39 is 95.1 Å². The highest BCUT2D eigenvalue weighted by Crippen LogP contribution is 2.68. The molecule has 9 N–H and O–H groups in total. The molecule has 0 radical (unpaired) electrons.